The van der Waals surface area contributed by atoms with Gasteiger partial charge in [-0.25, -0.2) is 0 Å². The smallest absolute Gasteiger partial charge is 0.189 e. The van der Waals surface area contributed by atoms with Crippen molar-refractivity contribution in [3.63, 3.8) is 0 Å². The van der Waals surface area contributed by atoms with Crippen LogP contribution in [0.5, 0.6) is 5.75 Å². The van der Waals surface area contributed by atoms with Gasteiger partial charge in [0.05, 0.1) is 6.61 Å². The largest absolute Gasteiger partial charge is 0.467 e. The summed E-state index contributed by atoms with van der Waals surface area (Å²) < 4.78 is 11.5. The van der Waals surface area contributed by atoms with Crippen molar-refractivity contribution in [1.29, 1.82) is 0 Å². The van der Waals surface area contributed by atoms with Crippen molar-refractivity contribution in [3.8, 4) is 5.75 Å². The van der Waals surface area contributed by atoms with Gasteiger partial charge >= 0.3 is 0 Å². The first-order valence-electron chi connectivity index (χ1n) is 7.23. The summed E-state index contributed by atoms with van der Waals surface area (Å²) in [4.78, 5) is 0. The highest BCUT2D eigenvalue weighted by molar-refractivity contribution is 5.89. The molecule has 0 aromatic heterocycles. The molecule has 20 heavy (non-hydrogen) atoms. The van der Waals surface area contributed by atoms with E-state index in [1.165, 1.54) is 12.8 Å². The van der Waals surface area contributed by atoms with Crippen molar-refractivity contribution in [3.05, 3.63) is 42.0 Å². The van der Waals surface area contributed by atoms with E-state index in [4.69, 9.17) is 15.2 Å². The van der Waals surface area contributed by atoms with Crippen LogP contribution in [0.2, 0.25) is 0 Å². The third-order valence-electron chi connectivity index (χ3n) is 3.74. The van der Waals surface area contributed by atoms with E-state index in [1.54, 1.807) is 0 Å². The summed E-state index contributed by atoms with van der Waals surface area (Å²) in [7, 11) is 0. The molecule has 1 saturated carbocycles. The molecule has 0 saturated heterocycles. The van der Waals surface area contributed by atoms with Crippen LogP contribution in [0.15, 0.2) is 36.4 Å². The Bertz CT molecular complexity index is 591. The summed E-state index contributed by atoms with van der Waals surface area (Å²) in [5.74, 6) is 1.60. The summed E-state index contributed by atoms with van der Waals surface area (Å²) in [5.41, 5.74) is 7.07. The lowest BCUT2D eigenvalue weighted by Crippen LogP contribution is -2.11. The molecule has 2 aromatic rings. The second kappa shape index (κ2) is 5.81. The van der Waals surface area contributed by atoms with E-state index in [-0.39, 0.29) is 6.04 Å². The van der Waals surface area contributed by atoms with E-state index in [0.717, 1.165) is 34.6 Å². The van der Waals surface area contributed by atoms with Crippen LogP contribution >= 0.6 is 0 Å². The maximum atomic E-state index is 6.05. The highest BCUT2D eigenvalue weighted by atomic mass is 16.7. The third-order valence-corrected chi connectivity index (χ3v) is 3.74. The van der Waals surface area contributed by atoms with Crippen molar-refractivity contribution >= 4 is 10.8 Å². The Morgan fingerprint density at radius 3 is 2.75 bits per heavy atom. The van der Waals surface area contributed by atoms with Crippen molar-refractivity contribution in [2.24, 2.45) is 11.7 Å². The molecule has 3 heteroatoms. The average Bonchev–Trinajstić information content (AvgIpc) is 3.27. The Labute approximate surface area is 119 Å². The fourth-order valence-electron chi connectivity index (χ4n) is 2.38. The van der Waals surface area contributed by atoms with Gasteiger partial charge < -0.3 is 15.2 Å². The number of fused-ring (bicyclic) bond motifs is 1. The van der Waals surface area contributed by atoms with Crippen LogP contribution in [0.3, 0.4) is 0 Å². The normalized spacial score (nSPS) is 16.3. The van der Waals surface area contributed by atoms with Crippen LogP contribution in [0, 0.1) is 5.92 Å². The summed E-state index contributed by atoms with van der Waals surface area (Å²) in [6, 6.07) is 12.3. The second-order valence-corrected chi connectivity index (χ2v) is 5.57. The zero-order valence-corrected chi connectivity index (χ0v) is 11.8. The highest BCUT2D eigenvalue weighted by Gasteiger charge is 2.21. The van der Waals surface area contributed by atoms with Crippen molar-refractivity contribution in [1.82, 2.24) is 0 Å². The molecule has 0 amide bonds. The predicted octanol–water partition coefficient (Wildman–Crippen LogP) is 3.62. The van der Waals surface area contributed by atoms with E-state index >= 15 is 0 Å². The Kier molecular flexibility index (Phi) is 3.90. The molecule has 1 aliphatic carbocycles. The van der Waals surface area contributed by atoms with Gasteiger partial charge in [-0.1, -0.05) is 36.4 Å². The van der Waals surface area contributed by atoms with Crippen LogP contribution in [-0.4, -0.2) is 13.4 Å². The lowest BCUT2D eigenvalue weighted by atomic mass is 10.0. The number of benzene rings is 2. The summed E-state index contributed by atoms with van der Waals surface area (Å²) >= 11 is 0. The van der Waals surface area contributed by atoms with Gasteiger partial charge in [0.25, 0.3) is 0 Å². The SMILES string of the molecule is C[C@@H](N)c1ccc2ccccc2c1OCOCC1CC1. The molecule has 3 nitrogen and oxygen atoms in total. The van der Waals surface area contributed by atoms with E-state index in [0.29, 0.717) is 6.79 Å². The van der Waals surface area contributed by atoms with Crippen LogP contribution in [-0.2, 0) is 4.74 Å². The van der Waals surface area contributed by atoms with Crippen LogP contribution in [0.4, 0.5) is 0 Å². The molecule has 0 spiro atoms. The molecule has 3 rings (SSSR count). The number of hydrogen-bond donors (Lipinski definition) is 1. The van der Waals surface area contributed by atoms with E-state index in [9.17, 15) is 0 Å². The zero-order chi connectivity index (χ0) is 13.9. The summed E-state index contributed by atoms with van der Waals surface area (Å²) in [5, 5.41) is 2.26. The van der Waals surface area contributed by atoms with Gasteiger partial charge in [0.2, 0.25) is 0 Å². The minimum absolute atomic E-state index is 0.0574. The molecule has 2 aromatic carbocycles. The molecule has 106 valence electrons. The predicted molar refractivity (Wildman–Crippen MR) is 80.7 cm³/mol. The highest BCUT2D eigenvalue weighted by Crippen LogP contribution is 2.33. The third kappa shape index (κ3) is 2.94. The van der Waals surface area contributed by atoms with Gasteiger partial charge in [-0.05, 0) is 31.1 Å². The molecule has 0 bridgehead atoms. The van der Waals surface area contributed by atoms with Gasteiger partial charge in [-0.3, -0.25) is 0 Å². The lowest BCUT2D eigenvalue weighted by molar-refractivity contribution is 0.0102. The standard InChI is InChI=1S/C17H21NO2/c1-12(18)15-9-8-14-4-2-3-5-16(14)17(15)20-11-19-10-13-6-7-13/h2-5,8-9,12-13H,6-7,10-11,18H2,1H3/t12-/m1/s1. The first kappa shape index (κ1) is 13.4. The molecule has 0 unspecified atom stereocenters. The van der Waals surface area contributed by atoms with Gasteiger partial charge in [0.15, 0.2) is 6.79 Å². The molecular weight excluding hydrogens is 250 g/mol. The number of nitrogens with two attached hydrogens (primary N) is 1. The molecule has 0 heterocycles. The summed E-state index contributed by atoms with van der Waals surface area (Å²) in [6.07, 6.45) is 2.58. The maximum absolute atomic E-state index is 6.05. The number of rotatable bonds is 6. The fraction of sp³-hybridized carbons (Fsp3) is 0.412. The zero-order valence-electron chi connectivity index (χ0n) is 11.8. The molecule has 0 aliphatic heterocycles. The quantitative estimate of drug-likeness (QED) is 0.644. The Hall–Kier alpha value is -1.58. The maximum Gasteiger partial charge on any atom is 0.189 e. The number of ether oxygens (including phenoxy) is 2. The van der Waals surface area contributed by atoms with Crippen LogP contribution in [0.1, 0.15) is 31.4 Å². The van der Waals surface area contributed by atoms with Crippen LogP contribution < -0.4 is 10.5 Å². The molecule has 1 aliphatic rings. The molecule has 2 N–H and O–H groups in total. The minimum atomic E-state index is -0.0574. The van der Waals surface area contributed by atoms with E-state index in [2.05, 4.69) is 18.2 Å². The monoisotopic (exact) mass is 271 g/mol. The van der Waals surface area contributed by atoms with Crippen molar-refractivity contribution in [2.75, 3.05) is 13.4 Å². The molecule has 1 atom stereocenters. The Morgan fingerprint density at radius 2 is 2.00 bits per heavy atom. The van der Waals surface area contributed by atoms with Gasteiger partial charge in [0, 0.05) is 17.0 Å². The number of hydrogen-bond acceptors (Lipinski definition) is 3. The van der Waals surface area contributed by atoms with Crippen molar-refractivity contribution in [2.45, 2.75) is 25.8 Å². The van der Waals surface area contributed by atoms with Gasteiger partial charge in [-0.15, -0.1) is 0 Å². The van der Waals surface area contributed by atoms with E-state index < -0.39 is 0 Å². The topological polar surface area (TPSA) is 44.5 Å². The molecule has 1 fully saturated rings. The summed E-state index contributed by atoms with van der Waals surface area (Å²) in [6.45, 7) is 3.07. The minimum Gasteiger partial charge on any atom is -0.467 e. The molecule has 0 radical (unpaired) electrons. The second-order valence-electron chi connectivity index (χ2n) is 5.57. The Balaban J connectivity index is 1.82. The average molecular weight is 271 g/mol. The first-order chi connectivity index (χ1) is 9.75. The molecular formula is C17H21NO2. The van der Waals surface area contributed by atoms with Gasteiger partial charge in [0.1, 0.15) is 5.75 Å². The first-order valence-corrected chi connectivity index (χ1v) is 7.23. The fourth-order valence-corrected chi connectivity index (χ4v) is 2.38. The van der Waals surface area contributed by atoms with Gasteiger partial charge in [-0.2, -0.15) is 0 Å². The van der Waals surface area contributed by atoms with E-state index in [1.807, 2.05) is 25.1 Å². The lowest BCUT2D eigenvalue weighted by Gasteiger charge is -2.16. The van der Waals surface area contributed by atoms with Crippen LogP contribution in [0.25, 0.3) is 10.8 Å². The Morgan fingerprint density at radius 1 is 1.20 bits per heavy atom. The van der Waals surface area contributed by atoms with Crippen molar-refractivity contribution < 1.29 is 9.47 Å².